The smallest absolute Gasteiger partial charge is 0.407 e. The second-order valence-electron chi connectivity index (χ2n) is 11.8. The molecule has 0 aliphatic carbocycles. The highest BCUT2D eigenvalue weighted by molar-refractivity contribution is 7.91. The normalized spacial score (nSPS) is 16.8. The molecule has 10 nitrogen and oxygen atoms in total. The van der Waals surface area contributed by atoms with Crippen molar-refractivity contribution in [2.45, 2.75) is 109 Å². The van der Waals surface area contributed by atoms with Gasteiger partial charge in [-0.3, -0.25) is 19.2 Å². The molecule has 0 bridgehead atoms. The molecule has 1 aromatic heterocycles. The molecule has 1 fully saturated rings. The summed E-state index contributed by atoms with van der Waals surface area (Å²) >= 11 is 0. The van der Waals surface area contributed by atoms with Crippen molar-refractivity contribution in [1.82, 2.24) is 15.1 Å². The van der Waals surface area contributed by atoms with E-state index in [4.69, 9.17) is 4.74 Å². The number of piperidine rings is 1. The van der Waals surface area contributed by atoms with E-state index in [-0.39, 0.29) is 52.7 Å². The minimum Gasteiger partial charge on any atom is -0.444 e. The summed E-state index contributed by atoms with van der Waals surface area (Å²) in [5, 5.41) is 7.36. The molecule has 0 radical (unpaired) electrons. The molecule has 3 rings (SSSR count). The lowest BCUT2D eigenvalue weighted by atomic mass is 9.81. The van der Waals surface area contributed by atoms with E-state index in [1.165, 1.54) is 18.2 Å². The number of ether oxygens (including phenoxy) is 1. The molecular weight excluding hydrogens is 520 g/mol. The number of benzene rings is 1. The van der Waals surface area contributed by atoms with Gasteiger partial charge in [0, 0.05) is 18.9 Å². The number of rotatable bonds is 8. The second-order valence-corrected chi connectivity index (χ2v) is 13.7. The number of aromatic nitrogens is 2. The third-order valence-electron chi connectivity index (χ3n) is 6.37. The van der Waals surface area contributed by atoms with Crippen molar-refractivity contribution in [2.75, 3.05) is 4.90 Å². The number of imide groups is 1. The van der Waals surface area contributed by atoms with Gasteiger partial charge >= 0.3 is 6.09 Å². The first-order chi connectivity index (χ1) is 18.0. The van der Waals surface area contributed by atoms with Crippen molar-refractivity contribution in [1.29, 1.82) is 0 Å². The van der Waals surface area contributed by atoms with Gasteiger partial charge in [-0.2, -0.15) is 5.10 Å². The van der Waals surface area contributed by atoms with Gasteiger partial charge in [0.15, 0.2) is 0 Å². The van der Waals surface area contributed by atoms with Crippen LogP contribution in [0.4, 0.5) is 10.5 Å². The molecular formula is C28H40N4O6S. The number of aryl methyl sites for hydroxylation is 1. The van der Waals surface area contributed by atoms with E-state index in [9.17, 15) is 22.8 Å². The van der Waals surface area contributed by atoms with Crippen molar-refractivity contribution >= 4 is 33.4 Å². The molecule has 1 aliphatic heterocycles. The van der Waals surface area contributed by atoms with E-state index in [1.807, 2.05) is 27.7 Å². The maximum absolute atomic E-state index is 14.0. The summed E-state index contributed by atoms with van der Waals surface area (Å²) in [6.07, 6.45) is 0.584. The number of carbonyl (C=O) groups excluding carboxylic acids is 3. The number of hydrogen-bond donors (Lipinski definition) is 1. The van der Waals surface area contributed by atoms with Gasteiger partial charge in [0.2, 0.25) is 21.7 Å². The fourth-order valence-corrected chi connectivity index (χ4v) is 6.58. The lowest BCUT2D eigenvalue weighted by Gasteiger charge is -2.34. The van der Waals surface area contributed by atoms with E-state index >= 15 is 0 Å². The number of amides is 3. The van der Waals surface area contributed by atoms with Crippen LogP contribution in [-0.2, 0) is 43.5 Å². The van der Waals surface area contributed by atoms with Gasteiger partial charge in [-0.1, -0.05) is 33.8 Å². The first kappa shape index (κ1) is 30.3. The largest absolute Gasteiger partial charge is 0.444 e. The molecule has 0 spiro atoms. The predicted octanol–water partition coefficient (Wildman–Crippen LogP) is 4.43. The minimum absolute atomic E-state index is 0.0192. The van der Waals surface area contributed by atoms with Gasteiger partial charge < -0.3 is 10.1 Å². The maximum atomic E-state index is 14.0. The van der Waals surface area contributed by atoms with Crippen molar-refractivity contribution in [3.8, 4) is 0 Å². The second kappa shape index (κ2) is 11.1. The lowest BCUT2D eigenvalue weighted by molar-refractivity contribution is -0.132. The zero-order chi connectivity index (χ0) is 29.3. The van der Waals surface area contributed by atoms with Crippen molar-refractivity contribution < 1.29 is 27.5 Å². The van der Waals surface area contributed by atoms with Crippen molar-refractivity contribution in [3.63, 3.8) is 0 Å². The summed E-state index contributed by atoms with van der Waals surface area (Å²) in [7, 11) is -4.05. The Morgan fingerprint density at radius 3 is 2.28 bits per heavy atom. The molecule has 0 saturated carbocycles. The summed E-state index contributed by atoms with van der Waals surface area (Å²) in [6.45, 7) is 14.8. The highest BCUT2D eigenvalue weighted by Gasteiger charge is 2.39. The van der Waals surface area contributed by atoms with Crippen LogP contribution in [0.3, 0.4) is 0 Å². The average Bonchev–Trinajstić information content (AvgIpc) is 3.14. The van der Waals surface area contributed by atoms with Gasteiger partial charge in [0.05, 0.1) is 28.5 Å². The Bertz CT molecular complexity index is 1350. The molecule has 2 aromatic rings. The molecule has 1 atom stereocenters. The van der Waals surface area contributed by atoms with Gasteiger partial charge in [-0.25, -0.2) is 13.2 Å². The number of hydrogen-bond acceptors (Lipinski definition) is 7. The third-order valence-corrected chi connectivity index (χ3v) is 8.25. The molecule has 2 heterocycles. The van der Waals surface area contributed by atoms with Crippen LogP contribution in [0.15, 0.2) is 34.1 Å². The first-order valence-electron chi connectivity index (χ1n) is 13.3. The monoisotopic (exact) mass is 560 g/mol. The predicted molar refractivity (Wildman–Crippen MR) is 147 cm³/mol. The van der Waals surface area contributed by atoms with E-state index < -0.39 is 26.9 Å². The molecule has 11 heteroatoms. The highest BCUT2D eigenvalue weighted by Crippen LogP contribution is 2.36. The summed E-state index contributed by atoms with van der Waals surface area (Å²) in [5.41, 5.74) is 0.0788. The van der Waals surface area contributed by atoms with Crippen molar-refractivity contribution in [3.05, 3.63) is 35.7 Å². The van der Waals surface area contributed by atoms with Gasteiger partial charge in [-0.15, -0.1) is 0 Å². The Labute approximate surface area is 231 Å². The quantitative estimate of drug-likeness (QED) is 0.473. The van der Waals surface area contributed by atoms with Crippen LogP contribution < -0.4 is 10.2 Å². The van der Waals surface area contributed by atoms with Crippen LogP contribution in [0.2, 0.25) is 0 Å². The first-order valence-corrected chi connectivity index (χ1v) is 14.8. The molecule has 39 heavy (non-hydrogen) atoms. The van der Waals surface area contributed by atoms with E-state index in [0.29, 0.717) is 24.2 Å². The number of sulfone groups is 1. The molecule has 0 unspecified atom stereocenters. The number of nitrogens with one attached hydrogen (secondary N) is 1. The standard InChI is InChI=1S/C28H40N4O6S/c1-9-21-25(22(10-2)31(30-21)17-18(3)29-26(35)38-27(4,5)6)39(36,37)20-13-11-12-19(14-20)32-23(33)15-28(7,8)16-24(32)34/h11-14,18H,9-10,15-17H2,1-8H3,(H,29,35)/t18-/m0/s1. The van der Waals surface area contributed by atoms with Crippen LogP contribution in [0, 0.1) is 5.41 Å². The fourth-order valence-electron chi connectivity index (χ4n) is 4.76. The molecule has 1 saturated heterocycles. The van der Waals surface area contributed by atoms with E-state index in [1.54, 1.807) is 38.4 Å². The number of alkyl carbamates (subject to hydrolysis) is 1. The minimum atomic E-state index is -4.05. The summed E-state index contributed by atoms with van der Waals surface area (Å²) < 4.78 is 34.9. The van der Waals surface area contributed by atoms with Gasteiger partial charge in [0.1, 0.15) is 10.5 Å². The summed E-state index contributed by atoms with van der Waals surface area (Å²) in [6, 6.07) is 5.57. The van der Waals surface area contributed by atoms with Crippen LogP contribution in [0.25, 0.3) is 0 Å². The Morgan fingerprint density at radius 1 is 1.13 bits per heavy atom. The SMILES string of the molecule is CCc1nn(C[C@H](C)NC(=O)OC(C)(C)C)c(CC)c1S(=O)(=O)c1cccc(N2C(=O)CC(C)(C)CC2=O)c1. The fraction of sp³-hybridized carbons (Fsp3) is 0.571. The van der Waals surface area contributed by atoms with E-state index in [0.717, 1.165) is 4.90 Å². The van der Waals surface area contributed by atoms with Gasteiger partial charge in [0.25, 0.3) is 0 Å². The Hall–Kier alpha value is -3.21. The van der Waals surface area contributed by atoms with Crippen LogP contribution >= 0.6 is 0 Å². The number of nitrogens with zero attached hydrogens (tertiary/aromatic N) is 3. The molecule has 1 aliphatic rings. The average molecular weight is 561 g/mol. The van der Waals surface area contributed by atoms with Crippen LogP contribution in [-0.4, -0.2) is 47.7 Å². The number of carbonyl (C=O) groups is 3. The van der Waals surface area contributed by atoms with Crippen molar-refractivity contribution in [2.24, 2.45) is 5.41 Å². The summed E-state index contributed by atoms with van der Waals surface area (Å²) in [4.78, 5) is 39.0. The third kappa shape index (κ3) is 6.87. The molecule has 3 amide bonds. The topological polar surface area (TPSA) is 128 Å². The highest BCUT2D eigenvalue weighted by atomic mass is 32.2. The zero-order valence-electron chi connectivity index (χ0n) is 24.1. The van der Waals surface area contributed by atoms with Crippen LogP contribution in [0.5, 0.6) is 0 Å². The molecule has 1 N–H and O–H groups in total. The Morgan fingerprint density at radius 2 is 1.74 bits per heavy atom. The zero-order valence-corrected chi connectivity index (χ0v) is 24.9. The lowest BCUT2D eigenvalue weighted by Crippen LogP contribution is -2.46. The number of anilines is 1. The van der Waals surface area contributed by atoms with E-state index in [2.05, 4.69) is 10.4 Å². The van der Waals surface area contributed by atoms with Gasteiger partial charge in [-0.05, 0) is 64.2 Å². The molecule has 214 valence electrons. The van der Waals surface area contributed by atoms with Crippen LogP contribution in [0.1, 0.15) is 79.6 Å². The Balaban J connectivity index is 1.96. The molecule has 1 aromatic carbocycles. The maximum Gasteiger partial charge on any atom is 0.407 e. The summed E-state index contributed by atoms with van der Waals surface area (Å²) in [5.74, 6) is -0.706. The Kier molecular flexibility index (Phi) is 8.64.